The van der Waals surface area contributed by atoms with E-state index in [9.17, 15) is 22.8 Å². The van der Waals surface area contributed by atoms with Gasteiger partial charge in [-0.3, -0.25) is 14.9 Å². The molecule has 3 amide bonds. The Morgan fingerprint density at radius 2 is 1.63 bits per heavy atom. The number of nitrogens with two attached hydrogens (primary N) is 2. The minimum Gasteiger partial charge on any atom is -0.384 e. The smallest absolute Gasteiger partial charge is 0.326 e. The molecular formula is C21H16Cl2N6O5S. The monoisotopic (exact) mass is 534 g/mol. The van der Waals surface area contributed by atoms with Crippen LogP contribution in [0.15, 0.2) is 64.3 Å². The van der Waals surface area contributed by atoms with E-state index in [-0.39, 0.29) is 21.9 Å². The minimum absolute atomic E-state index is 0.0991. The van der Waals surface area contributed by atoms with Crippen molar-refractivity contribution in [1.29, 1.82) is 0 Å². The number of benzene rings is 2. The van der Waals surface area contributed by atoms with Crippen LogP contribution in [0.5, 0.6) is 0 Å². The van der Waals surface area contributed by atoms with Crippen LogP contribution in [0.3, 0.4) is 0 Å². The number of carbonyl (C=O) groups is 2. The third-order valence-corrected chi connectivity index (χ3v) is 6.49. The summed E-state index contributed by atoms with van der Waals surface area (Å²) in [5.41, 5.74) is 4.38. The second kappa shape index (κ2) is 9.07. The van der Waals surface area contributed by atoms with E-state index < -0.39 is 43.8 Å². The highest BCUT2D eigenvalue weighted by Crippen LogP contribution is 2.38. The highest BCUT2D eigenvalue weighted by molar-refractivity contribution is 7.89. The maximum atomic E-state index is 13.3. The molecule has 4 aromatic rings. The standard InChI is InChI=1S/C21H16Cl2N6O5S/c22-11-8-6-10(7-9-11)13-15(35(25,33)34)18-27-17(24)14(20(31)29(18)16(13)23)19(30)28-21(32)26-12-4-2-1-3-5-12/h1-9,27H,24H2,(H2,25,33,34)(H2,26,28,30,32). The van der Waals surface area contributed by atoms with Crippen LogP contribution < -0.4 is 27.1 Å². The molecule has 0 radical (unpaired) electrons. The fraction of sp³-hybridized carbons (Fsp3) is 0. The van der Waals surface area contributed by atoms with Gasteiger partial charge in [-0.2, -0.15) is 0 Å². The first-order valence-electron chi connectivity index (χ1n) is 9.71. The molecule has 7 N–H and O–H groups in total. The molecule has 0 aliphatic rings. The Kier molecular flexibility index (Phi) is 6.30. The van der Waals surface area contributed by atoms with Gasteiger partial charge in [0, 0.05) is 16.3 Å². The first kappa shape index (κ1) is 24.3. The second-order valence-electron chi connectivity index (χ2n) is 7.22. The molecule has 0 saturated carbocycles. The van der Waals surface area contributed by atoms with E-state index in [4.69, 9.17) is 34.1 Å². The molecule has 35 heavy (non-hydrogen) atoms. The Morgan fingerprint density at radius 1 is 1.00 bits per heavy atom. The molecular weight excluding hydrogens is 519 g/mol. The Hall–Kier alpha value is -3.84. The summed E-state index contributed by atoms with van der Waals surface area (Å²) in [6.07, 6.45) is 0. The van der Waals surface area contributed by atoms with Crippen LogP contribution in [0.4, 0.5) is 16.3 Å². The summed E-state index contributed by atoms with van der Waals surface area (Å²) in [6, 6.07) is 13.3. The lowest BCUT2D eigenvalue weighted by Gasteiger charge is -2.09. The second-order valence-corrected chi connectivity index (χ2v) is 9.52. The number of nitrogens with zero attached hydrogens (tertiary/aromatic N) is 1. The van der Waals surface area contributed by atoms with E-state index in [1.165, 1.54) is 24.3 Å². The lowest BCUT2D eigenvalue weighted by atomic mass is 10.1. The van der Waals surface area contributed by atoms with E-state index in [1.54, 1.807) is 30.3 Å². The van der Waals surface area contributed by atoms with Crippen molar-refractivity contribution in [3.8, 4) is 11.1 Å². The fourth-order valence-corrected chi connectivity index (χ4v) is 4.91. The molecule has 4 rings (SSSR count). The number of sulfonamides is 1. The normalized spacial score (nSPS) is 11.4. The number of aromatic nitrogens is 2. The average molecular weight is 535 g/mol. The minimum atomic E-state index is -4.45. The highest BCUT2D eigenvalue weighted by Gasteiger charge is 2.31. The number of imide groups is 1. The van der Waals surface area contributed by atoms with Crippen LogP contribution in [0.25, 0.3) is 16.8 Å². The zero-order valence-corrected chi connectivity index (χ0v) is 19.8. The van der Waals surface area contributed by atoms with Crippen molar-refractivity contribution in [3.05, 3.63) is 80.7 Å². The topological polar surface area (TPSA) is 182 Å². The summed E-state index contributed by atoms with van der Waals surface area (Å²) in [5, 5.41) is 9.87. The van der Waals surface area contributed by atoms with E-state index in [0.29, 0.717) is 10.7 Å². The molecule has 0 unspecified atom stereocenters. The number of urea groups is 1. The number of fused-ring (bicyclic) bond motifs is 1. The molecule has 0 spiro atoms. The van der Waals surface area contributed by atoms with Gasteiger partial charge in [0.25, 0.3) is 11.5 Å². The number of nitrogen functional groups attached to an aromatic ring is 1. The number of anilines is 2. The van der Waals surface area contributed by atoms with Gasteiger partial charge in [-0.15, -0.1) is 0 Å². The number of para-hydroxylation sites is 1. The van der Waals surface area contributed by atoms with E-state index in [2.05, 4.69) is 10.3 Å². The van der Waals surface area contributed by atoms with Crippen LogP contribution in [0.2, 0.25) is 10.2 Å². The van der Waals surface area contributed by atoms with Crippen molar-refractivity contribution >= 4 is 62.3 Å². The van der Waals surface area contributed by atoms with Gasteiger partial charge < -0.3 is 16.0 Å². The molecule has 180 valence electrons. The molecule has 2 aromatic heterocycles. The first-order chi connectivity index (χ1) is 16.5. The largest absolute Gasteiger partial charge is 0.384 e. The summed E-state index contributed by atoms with van der Waals surface area (Å²) in [5.74, 6) is -1.65. The molecule has 0 fully saturated rings. The van der Waals surface area contributed by atoms with E-state index in [1.807, 2.05) is 5.32 Å². The molecule has 14 heteroatoms. The molecule has 0 aliphatic carbocycles. The SMILES string of the molecule is Nc1[nH]c2c(S(N)(=O)=O)c(-c3ccc(Cl)cc3)c(Cl)n2c(=O)c1C(=O)NC(=O)Nc1ccccc1. The Balaban J connectivity index is 1.85. The number of H-pyrrole nitrogens is 1. The van der Waals surface area contributed by atoms with E-state index >= 15 is 0 Å². The lowest BCUT2D eigenvalue weighted by molar-refractivity contribution is 0.0966. The van der Waals surface area contributed by atoms with Crippen LogP contribution in [0, 0.1) is 0 Å². The quantitative estimate of drug-likeness (QED) is 0.268. The maximum Gasteiger partial charge on any atom is 0.326 e. The summed E-state index contributed by atoms with van der Waals surface area (Å²) >= 11 is 12.3. The molecule has 2 aromatic carbocycles. The summed E-state index contributed by atoms with van der Waals surface area (Å²) in [6.45, 7) is 0. The molecule has 0 atom stereocenters. The fourth-order valence-electron chi connectivity index (χ4n) is 3.46. The van der Waals surface area contributed by atoms with Crippen molar-refractivity contribution in [2.75, 3.05) is 11.1 Å². The Bertz CT molecular complexity index is 1650. The average Bonchev–Trinajstić information content (AvgIpc) is 3.07. The van der Waals surface area contributed by atoms with Gasteiger partial charge in [-0.25, -0.2) is 22.8 Å². The number of hydrogen-bond acceptors (Lipinski definition) is 6. The zero-order chi connectivity index (χ0) is 25.5. The summed E-state index contributed by atoms with van der Waals surface area (Å²) < 4.78 is 25.7. The molecule has 0 aliphatic heterocycles. The van der Waals surface area contributed by atoms with Crippen LogP contribution >= 0.6 is 23.2 Å². The van der Waals surface area contributed by atoms with Crippen molar-refractivity contribution in [2.24, 2.45) is 5.14 Å². The number of carbonyl (C=O) groups excluding carboxylic acids is 2. The van der Waals surface area contributed by atoms with Crippen molar-refractivity contribution in [2.45, 2.75) is 4.90 Å². The molecule has 2 heterocycles. The van der Waals surface area contributed by atoms with Crippen molar-refractivity contribution in [1.82, 2.24) is 14.7 Å². The van der Waals surface area contributed by atoms with E-state index in [0.717, 1.165) is 4.40 Å². The third-order valence-electron chi connectivity index (χ3n) is 4.91. The van der Waals surface area contributed by atoms with Crippen LogP contribution in [0.1, 0.15) is 10.4 Å². The molecule has 0 bridgehead atoms. The van der Waals surface area contributed by atoms with Gasteiger partial charge in [-0.05, 0) is 29.8 Å². The highest BCUT2D eigenvalue weighted by atomic mass is 35.5. The van der Waals surface area contributed by atoms with Crippen LogP contribution in [-0.4, -0.2) is 29.7 Å². The molecule has 0 saturated heterocycles. The number of hydrogen-bond donors (Lipinski definition) is 5. The van der Waals surface area contributed by atoms with Gasteiger partial charge in [0.2, 0.25) is 10.0 Å². The predicted molar refractivity (Wildman–Crippen MR) is 132 cm³/mol. The Morgan fingerprint density at radius 3 is 2.23 bits per heavy atom. The number of nitrogens with one attached hydrogen (secondary N) is 3. The number of halogens is 2. The first-order valence-corrected chi connectivity index (χ1v) is 12.0. The zero-order valence-electron chi connectivity index (χ0n) is 17.5. The summed E-state index contributed by atoms with van der Waals surface area (Å²) in [7, 11) is -4.45. The predicted octanol–water partition coefficient (Wildman–Crippen LogP) is 2.79. The van der Waals surface area contributed by atoms with Gasteiger partial charge >= 0.3 is 6.03 Å². The van der Waals surface area contributed by atoms with Gasteiger partial charge in [0.15, 0.2) is 0 Å². The number of primary sulfonamides is 1. The van der Waals surface area contributed by atoms with Crippen molar-refractivity contribution < 1.29 is 18.0 Å². The van der Waals surface area contributed by atoms with Crippen LogP contribution in [-0.2, 0) is 10.0 Å². The van der Waals surface area contributed by atoms with Gasteiger partial charge in [0.05, 0.1) is 0 Å². The lowest BCUT2D eigenvalue weighted by Crippen LogP contribution is -2.39. The van der Waals surface area contributed by atoms with Gasteiger partial charge in [0.1, 0.15) is 27.1 Å². The third kappa shape index (κ3) is 4.59. The Labute approximate surface area is 207 Å². The van der Waals surface area contributed by atoms with Gasteiger partial charge in [-0.1, -0.05) is 53.5 Å². The van der Waals surface area contributed by atoms with Crippen molar-refractivity contribution in [3.63, 3.8) is 0 Å². The summed E-state index contributed by atoms with van der Waals surface area (Å²) in [4.78, 5) is 40.2. The number of aromatic amines is 1. The number of rotatable bonds is 4. The molecule has 11 nitrogen and oxygen atoms in total. The maximum absolute atomic E-state index is 13.3. The number of amides is 3.